The predicted octanol–water partition coefficient (Wildman–Crippen LogP) is 3.24. The highest BCUT2D eigenvalue weighted by Crippen LogP contribution is 2.22. The van der Waals surface area contributed by atoms with E-state index in [9.17, 15) is 4.79 Å². The largest absolute Gasteiger partial charge is 0.367 e. The van der Waals surface area contributed by atoms with E-state index in [2.05, 4.69) is 29.1 Å². The van der Waals surface area contributed by atoms with Gasteiger partial charge in [-0.3, -0.25) is 9.78 Å². The van der Waals surface area contributed by atoms with Crippen LogP contribution in [0, 0.1) is 5.92 Å². The van der Waals surface area contributed by atoms with Crippen LogP contribution in [-0.4, -0.2) is 49.5 Å². The molecule has 7 heteroatoms. The first-order chi connectivity index (χ1) is 13.6. The van der Waals surface area contributed by atoms with Gasteiger partial charge in [0, 0.05) is 43.5 Å². The first-order valence-corrected chi connectivity index (χ1v) is 9.90. The quantitative estimate of drug-likeness (QED) is 0.713. The maximum absolute atomic E-state index is 12.5. The van der Waals surface area contributed by atoms with Crippen molar-refractivity contribution >= 4 is 17.4 Å². The number of hydrogen-bond acceptors (Lipinski definition) is 5. The van der Waals surface area contributed by atoms with Crippen LogP contribution in [0.25, 0.3) is 16.9 Å². The second-order valence-corrected chi connectivity index (χ2v) is 7.73. The van der Waals surface area contributed by atoms with Gasteiger partial charge in [0.05, 0.1) is 11.9 Å². The van der Waals surface area contributed by atoms with Gasteiger partial charge in [0.15, 0.2) is 5.65 Å². The molecule has 1 amide bonds. The Morgan fingerprint density at radius 3 is 2.86 bits per heavy atom. The van der Waals surface area contributed by atoms with Gasteiger partial charge in [-0.15, -0.1) is 5.10 Å². The first kappa shape index (κ1) is 18.4. The van der Waals surface area contributed by atoms with Crippen LogP contribution in [0.1, 0.15) is 33.1 Å². The molecule has 1 fully saturated rings. The average Bonchev–Trinajstić information content (AvgIpc) is 3.33. The average molecular weight is 378 g/mol. The van der Waals surface area contributed by atoms with Crippen molar-refractivity contribution in [3.8, 4) is 11.3 Å². The van der Waals surface area contributed by atoms with Gasteiger partial charge in [0.1, 0.15) is 5.82 Å². The SMILES string of the molecule is CC(C)CC(=O)N1CCCC1CNc1ccc2ncc(-c3ccncc3)n2n1. The molecule has 1 aliphatic heterocycles. The smallest absolute Gasteiger partial charge is 0.223 e. The van der Waals surface area contributed by atoms with Crippen molar-refractivity contribution in [3.05, 3.63) is 42.9 Å². The monoisotopic (exact) mass is 378 g/mol. The number of hydrogen-bond donors (Lipinski definition) is 1. The molecule has 1 aliphatic rings. The lowest BCUT2D eigenvalue weighted by Gasteiger charge is -2.26. The number of fused-ring (bicyclic) bond motifs is 1. The molecule has 3 aromatic heterocycles. The number of aromatic nitrogens is 4. The highest BCUT2D eigenvalue weighted by atomic mass is 16.2. The summed E-state index contributed by atoms with van der Waals surface area (Å²) in [5, 5.41) is 8.13. The Labute approximate surface area is 164 Å². The highest BCUT2D eigenvalue weighted by Gasteiger charge is 2.28. The fraction of sp³-hybridized carbons (Fsp3) is 0.429. The van der Waals surface area contributed by atoms with Crippen molar-refractivity contribution in [1.82, 2.24) is 24.5 Å². The topological polar surface area (TPSA) is 75.4 Å². The lowest BCUT2D eigenvalue weighted by Crippen LogP contribution is -2.40. The Bertz CT molecular complexity index is 952. The standard InChI is InChI=1S/C21H26N6O/c1-15(2)12-21(28)26-11-3-4-17(26)13-23-19-5-6-20-24-14-18(27(20)25-19)16-7-9-22-10-8-16/h5-10,14-15,17H,3-4,11-13H2,1-2H3,(H,23,25). The molecule has 1 N–H and O–H groups in total. The summed E-state index contributed by atoms with van der Waals surface area (Å²) in [4.78, 5) is 23.0. The summed E-state index contributed by atoms with van der Waals surface area (Å²) in [7, 11) is 0. The number of imidazole rings is 1. The Hall–Kier alpha value is -2.96. The number of likely N-dealkylation sites (tertiary alicyclic amines) is 1. The van der Waals surface area contributed by atoms with Crippen molar-refractivity contribution in [1.29, 1.82) is 0 Å². The third-order valence-electron chi connectivity index (χ3n) is 5.14. The van der Waals surface area contributed by atoms with Crippen molar-refractivity contribution in [2.75, 3.05) is 18.4 Å². The molecule has 0 aromatic carbocycles. The van der Waals surface area contributed by atoms with E-state index in [-0.39, 0.29) is 11.9 Å². The summed E-state index contributed by atoms with van der Waals surface area (Å²) >= 11 is 0. The normalized spacial score (nSPS) is 16.8. The lowest BCUT2D eigenvalue weighted by atomic mass is 10.1. The molecule has 4 heterocycles. The fourth-order valence-corrected chi connectivity index (χ4v) is 3.75. The number of amides is 1. The molecule has 1 atom stereocenters. The van der Waals surface area contributed by atoms with E-state index in [0.717, 1.165) is 42.1 Å². The van der Waals surface area contributed by atoms with Crippen LogP contribution in [0.5, 0.6) is 0 Å². The fourth-order valence-electron chi connectivity index (χ4n) is 3.75. The van der Waals surface area contributed by atoms with Gasteiger partial charge < -0.3 is 10.2 Å². The van der Waals surface area contributed by atoms with E-state index in [1.54, 1.807) is 12.4 Å². The van der Waals surface area contributed by atoms with E-state index in [0.29, 0.717) is 18.9 Å². The molecule has 0 bridgehead atoms. The van der Waals surface area contributed by atoms with Crippen LogP contribution in [0.2, 0.25) is 0 Å². The van der Waals surface area contributed by atoms with E-state index in [1.807, 2.05) is 39.9 Å². The maximum atomic E-state index is 12.5. The number of carbonyl (C=O) groups is 1. The van der Waals surface area contributed by atoms with Crippen LogP contribution >= 0.6 is 0 Å². The zero-order chi connectivity index (χ0) is 19.5. The zero-order valence-corrected chi connectivity index (χ0v) is 16.4. The van der Waals surface area contributed by atoms with Crippen molar-refractivity contribution in [2.45, 2.75) is 39.2 Å². The van der Waals surface area contributed by atoms with Gasteiger partial charge in [-0.1, -0.05) is 13.8 Å². The predicted molar refractivity (Wildman–Crippen MR) is 109 cm³/mol. The molecule has 4 rings (SSSR count). The van der Waals surface area contributed by atoms with E-state index >= 15 is 0 Å². The molecule has 28 heavy (non-hydrogen) atoms. The van der Waals surface area contributed by atoms with Crippen molar-refractivity contribution < 1.29 is 4.79 Å². The molecule has 0 radical (unpaired) electrons. The minimum absolute atomic E-state index is 0.228. The number of pyridine rings is 1. The third-order valence-corrected chi connectivity index (χ3v) is 5.14. The molecule has 1 unspecified atom stereocenters. The summed E-state index contributed by atoms with van der Waals surface area (Å²) in [6.07, 6.45) is 8.07. The Balaban J connectivity index is 1.48. The summed E-state index contributed by atoms with van der Waals surface area (Å²) in [6.45, 7) is 5.75. The van der Waals surface area contributed by atoms with Gasteiger partial charge in [-0.05, 0) is 43.0 Å². The number of nitrogens with zero attached hydrogens (tertiary/aromatic N) is 5. The minimum Gasteiger partial charge on any atom is -0.367 e. The number of rotatable bonds is 6. The molecular formula is C21H26N6O. The van der Waals surface area contributed by atoms with Crippen LogP contribution in [0.15, 0.2) is 42.9 Å². The molecular weight excluding hydrogens is 352 g/mol. The highest BCUT2D eigenvalue weighted by molar-refractivity contribution is 5.77. The molecule has 1 saturated heterocycles. The van der Waals surface area contributed by atoms with E-state index in [1.165, 1.54) is 0 Å². The Morgan fingerprint density at radius 1 is 1.25 bits per heavy atom. The number of nitrogens with one attached hydrogen (secondary N) is 1. The van der Waals surface area contributed by atoms with Gasteiger partial charge in [0.2, 0.25) is 5.91 Å². The van der Waals surface area contributed by atoms with E-state index in [4.69, 9.17) is 5.10 Å². The van der Waals surface area contributed by atoms with Crippen LogP contribution < -0.4 is 5.32 Å². The molecule has 146 valence electrons. The summed E-state index contributed by atoms with van der Waals surface area (Å²) in [6, 6.07) is 8.01. The van der Waals surface area contributed by atoms with Crippen molar-refractivity contribution in [2.24, 2.45) is 5.92 Å². The van der Waals surface area contributed by atoms with Crippen LogP contribution in [0.4, 0.5) is 5.82 Å². The molecule has 0 saturated carbocycles. The molecule has 0 aliphatic carbocycles. The second kappa shape index (κ2) is 7.96. The Kier molecular flexibility index (Phi) is 5.23. The van der Waals surface area contributed by atoms with Crippen LogP contribution in [0.3, 0.4) is 0 Å². The maximum Gasteiger partial charge on any atom is 0.223 e. The first-order valence-electron chi connectivity index (χ1n) is 9.90. The minimum atomic E-state index is 0.228. The third kappa shape index (κ3) is 3.83. The van der Waals surface area contributed by atoms with E-state index < -0.39 is 0 Å². The second-order valence-electron chi connectivity index (χ2n) is 7.73. The van der Waals surface area contributed by atoms with Gasteiger partial charge in [0.25, 0.3) is 0 Å². The van der Waals surface area contributed by atoms with Gasteiger partial charge in [-0.25, -0.2) is 9.50 Å². The summed E-state index contributed by atoms with van der Waals surface area (Å²) in [5.41, 5.74) is 2.75. The van der Waals surface area contributed by atoms with Gasteiger partial charge >= 0.3 is 0 Å². The number of carbonyl (C=O) groups excluding carboxylic acids is 1. The van der Waals surface area contributed by atoms with Gasteiger partial charge in [-0.2, -0.15) is 0 Å². The molecule has 0 spiro atoms. The zero-order valence-electron chi connectivity index (χ0n) is 16.4. The summed E-state index contributed by atoms with van der Waals surface area (Å²) < 4.78 is 1.84. The van der Waals surface area contributed by atoms with Crippen molar-refractivity contribution in [3.63, 3.8) is 0 Å². The van der Waals surface area contributed by atoms with Crippen LogP contribution in [-0.2, 0) is 4.79 Å². The molecule has 7 nitrogen and oxygen atoms in total. The Morgan fingerprint density at radius 2 is 2.07 bits per heavy atom. The number of anilines is 1. The lowest BCUT2D eigenvalue weighted by molar-refractivity contribution is -0.132. The molecule has 3 aromatic rings. The summed E-state index contributed by atoms with van der Waals surface area (Å²) in [5.74, 6) is 1.43.